The first-order valence-corrected chi connectivity index (χ1v) is 10.1. The SMILES string of the molecule is CCCCCCCCCOC(=O)CCCCCCCC(C)(C)C. The van der Waals surface area contributed by atoms with E-state index < -0.39 is 0 Å². The van der Waals surface area contributed by atoms with Crippen molar-refractivity contribution in [2.45, 2.75) is 118 Å². The van der Waals surface area contributed by atoms with E-state index in [1.54, 1.807) is 0 Å². The summed E-state index contributed by atoms with van der Waals surface area (Å²) >= 11 is 0. The molecular weight excluding hydrogens is 284 g/mol. The van der Waals surface area contributed by atoms with Crippen LogP contribution in [0, 0.1) is 5.41 Å². The maximum absolute atomic E-state index is 11.6. The van der Waals surface area contributed by atoms with Crippen LogP contribution < -0.4 is 0 Å². The number of carbonyl (C=O) groups is 1. The van der Waals surface area contributed by atoms with Crippen molar-refractivity contribution in [2.75, 3.05) is 6.61 Å². The Balaban J connectivity index is 3.22. The van der Waals surface area contributed by atoms with Crippen molar-refractivity contribution < 1.29 is 9.53 Å². The van der Waals surface area contributed by atoms with Gasteiger partial charge < -0.3 is 4.74 Å². The molecule has 0 fully saturated rings. The molecule has 0 saturated heterocycles. The fourth-order valence-electron chi connectivity index (χ4n) is 2.77. The minimum Gasteiger partial charge on any atom is -0.466 e. The number of carbonyl (C=O) groups excluding carboxylic acids is 1. The molecule has 0 rings (SSSR count). The van der Waals surface area contributed by atoms with Crippen molar-refractivity contribution in [1.82, 2.24) is 0 Å². The van der Waals surface area contributed by atoms with Crippen molar-refractivity contribution in [3.63, 3.8) is 0 Å². The molecular formula is C21H42O2. The predicted molar refractivity (Wildman–Crippen MR) is 101 cm³/mol. The van der Waals surface area contributed by atoms with Crippen LogP contribution in [0.25, 0.3) is 0 Å². The van der Waals surface area contributed by atoms with Gasteiger partial charge in [0.25, 0.3) is 0 Å². The first-order valence-electron chi connectivity index (χ1n) is 10.1. The molecule has 0 radical (unpaired) electrons. The molecule has 0 N–H and O–H groups in total. The predicted octanol–water partition coefficient (Wildman–Crippen LogP) is 7.06. The third kappa shape index (κ3) is 19.4. The normalized spacial score (nSPS) is 11.7. The van der Waals surface area contributed by atoms with Crippen molar-refractivity contribution in [3.8, 4) is 0 Å². The van der Waals surface area contributed by atoms with Gasteiger partial charge in [-0.25, -0.2) is 0 Å². The Hall–Kier alpha value is -0.530. The van der Waals surface area contributed by atoms with Gasteiger partial charge in [0.1, 0.15) is 0 Å². The molecule has 0 aromatic carbocycles. The van der Waals surface area contributed by atoms with Gasteiger partial charge in [0, 0.05) is 6.42 Å². The lowest BCUT2D eigenvalue weighted by molar-refractivity contribution is -0.143. The van der Waals surface area contributed by atoms with E-state index in [1.807, 2.05) is 0 Å². The Labute approximate surface area is 145 Å². The first kappa shape index (κ1) is 22.5. The Kier molecular flexibility index (Phi) is 14.7. The number of hydrogen-bond donors (Lipinski definition) is 0. The average Bonchev–Trinajstić information content (AvgIpc) is 2.48. The second-order valence-electron chi connectivity index (χ2n) is 8.17. The molecule has 0 bridgehead atoms. The summed E-state index contributed by atoms with van der Waals surface area (Å²) in [6.45, 7) is 9.76. The standard InChI is InChI=1S/C21H42O2/c1-5-6-7-8-9-13-16-19-23-20(22)17-14-11-10-12-15-18-21(2,3)4/h5-19H2,1-4H3. The second-order valence-corrected chi connectivity index (χ2v) is 8.17. The molecule has 0 aliphatic rings. The molecule has 2 nitrogen and oxygen atoms in total. The van der Waals surface area contributed by atoms with Crippen LogP contribution in [0.2, 0.25) is 0 Å². The van der Waals surface area contributed by atoms with E-state index in [2.05, 4.69) is 27.7 Å². The highest BCUT2D eigenvalue weighted by atomic mass is 16.5. The van der Waals surface area contributed by atoms with E-state index in [0.29, 0.717) is 18.4 Å². The van der Waals surface area contributed by atoms with E-state index >= 15 is 0 Å². The van der Waals surface area contributed by atoms with Gasteiger partial charge >= 0.3 is 5.97 Å². The third-order valence-electron chi connectivity index (χ3n) is 4.32. The van der Waals surface area contributed by atoms with Crippen LogP contribution in [0.1, 0.15) is 118 Å². The molecule has 0 heterocycles. The van der Waals surface area contributed by atoms with E-state index in [1.165, 1.54) is 64.2 Å². The van der Waals surface area contributed by atoms with Crippen molar-refractivity contribution in [2.24, 2.45) is 5.41 Å². The molecule has 2 heteroatoms. The zero-order valence-electron chi connectivity index (χ0n) is 16.4. The molecule has 0 spiro atoms. The van der Waals surface area contributed by atoms with Crippen LogP contribution in [0.4, 0.5) is 0 Å². The van der Waals surface area contributed by atoms with Gasteiger partial charge in [-0.1, -0.05) is 91.9 Å². The highest BCUT2D eigenvalue weighted by Gasteiger charge is 2.08. The van der Waals surface area contributed by atoms with E-state index in [0.717, 1.165) is 19.3 Å². The number of rotatable bonds is 15. The quantitative estimate of drug-likeness (QED) is 0.238. The molecule has 0 aliphatic heterocycles. The van der Waals surface area contributed by atoms with Crippen molar-refractivity contribution in [3.05, 3.63) is 0 Å². The Bertz CT molecular complexity index is 266. The van der Waals surface area contributed by atoms with E-state index in [-0.39, 0.29) is 5.97 Å². The minimum absolute atomic E-state index is 0.00525. The van der Waals surface area contributed by atoms with Crippen LogP contribution in [0.5, 0.6) is 0 Å². The smallest absolute Gasteiger partial charge is 0.305 e. The summed E-state index contributed by atoms with van der Waals surface area (Å²) in [5, 5.41) is 0. The van der Waals surface area contributed by atoms with Crippen LogP contribution >= 0.6 is 0 Å². The maximum Gasteiger partial charge on any atom is 0.305 e. The summed E-state index contributed by atoms with van der Waals surface area (Å²) in [5.41, 5.74) is 0.458. The lowest BCUT2D eigenvalue weighted by atomic mass is 9.89. The number of unbranched alkanes of at least 4 members (excludes halogenated alkanes) is 10. The number of hydrogen-bond acceptors (Lipinski definition) is 2. The highest BCUT2D eigenvalue weighted by Crippen LogP contribution is 2.22. The van der Waals surface area contributed by atoms with Gasteiger partial charge in [0.2, 0.25) is 0 Å². The van der Waals surface area contributed by atoms with Gasteiger partial charge in [-0.2, -0.15) is 0 Å². The Morgan fingerprint density at radius 2 is 1.26 bits per heavy atom. The minimum atomic E-state index is 0.00525. The summed E-state index contributed by atoms with van der Waals surface area (Å²) in [7, 11) is 0. The highest BCUT2D eigenvalue weighted by molar-refractivity contribution is 5.69. The molecule has 0 unspecified atom stereocenters. The molecule has 138 valence electrons. The van der Waals surface area contributed by atoms with Crippen molar-refractivity contribution in [1.29, 1.82) is 0 Å². The zero-order chi connectivity index (χ0) is 17.4. The summed E-state index contributed by atoms with van der Waals surface area (Å²) in [6, 6.07) is 0. The monoisotopic (exact) mass is 326 g/mol. The maximum atomic E-state index is 11.6. The fourth-order valence-corrected chi connectivity index (χ4v) is 2.77. The van der Waals surface area contributed by atoms with Gasteiger partial charge in [0.15, 0.2) is 0 Å². The van der Waals surface area contributed by atoms with Crippen LogP contribution in [0.3, 0.4) is 0 Å². The molecule has 23 heavy (non-hydrogen) atoms. The number of ether oxygens (including phenoxy) is 1. The summed E-state index contributed by atoms with van der Waals surface area (Å²) < 4.78 is 5.30. The molecule has 0 amide bonds. The van der Waals surface area contributed by atoms with Crippen molar-refractivity contribution >= 4 is 5.97 Å². The van der Waals surface area contributed by atoms with E-state index in [4.69, 9.17) is 4.74 Å². The molecule has 0 aliphatic carbocycles. The van der Waals surface area contributed by atoms with E-state index in [9.17, 15) is 4.79 Å². The second kappa shape index (κ2) is 15.0. The van der Waals surface area contributed by atoms with Gasteiger partial charge in [-0.15, -0.1) is 0 Å². The first-order chi connectivity index (χ1) is 11.0. The summed E-state index contributed by atoms with van der Waals surface area (Å²) in [5.74, 6) is 0.00525. The molecule has 0 aromatic rings. The summed E-state index contributed by atoms with van der Waals surface area (Å²) in [4.78, 5) is 11.6. The Morgan fingerprint density at radius 1 is 0.739 bits per heavy atom. The largest absolute Gasteiger partial charge is 0.466 e. The van der Waals surface area contributed by atoms with Crippen LogP contribution in [-0.2, 0) is 9.53 Å². The molecule has 0 atom stereocenters. The molecule has 0 aromatic heterocycles. The average molecular weight is 327 g/mol. The van der Waals surface area contributed by atoms with Gasteiger partial charge in [-0.05, 0) is 24.7 Å². The zero-order valence-corrected chi connectivity index (χ0v) is 16.4. The lowest BCUT2D eigenvalue weighted by Gasteiger charge is -2.17. The van der Waals surface area contributed by atoms with Crippen LogP contribution in [0.15, 0.2) is 0 Å². The lowest BCUT2D eigenvalue weighted by Crippen LogP contribution is -2.05. The van der Waals surface area contributed by atoms with Gasteiger partial charge in [0.05, 0.1) is 6.61 Å². The third-order valence-corrected chi connectivity index (χ3v) is 4.32. The molecule has 0 saturated carbocycles. The van der Waals surface area contributed by atoms with Gasteiger partial charge in [-0.3, -0.25) is 4.79 Å². The summed E-state index contributed by atoms with van der Waals surface area (Å²) in [6.07, 6.45) is 16.8. The topological polar surface area (TPSA) is 26.3 Å². The Morgan fingerprint density at radius 3 is 1.87 bits per heavy atom. The fraction of sp³-hybridized carbons (Fsp3) is 0.952. The number of esters is 1. The van der Waals surface area contributed by atoms with Crippen LogP contribution in [-0.4, -0.2) is 12.6 Å².